The van der Waals surface area contributed by atoms with Crippen LogP contribution in [0.3, 0.4) is 0 Å². The van der Waals surface area contributed by atoms with Crippen molar-refractivity contribution in [3.05, 3.63) is 75.2 Å². The van der Waals surface area contributed by atoms with Crippen LogP contribution in [0.4, 0.5) is 0 Å². The number of methoxy groups -OCH3 is 1. The van der Waals surface area contributed by atoms with Gasteiger partial charge in [-0.3, -0.25) is 9.69 Å². The van der Waals surface area contributed by atoms with Gasteiger partial charge in [0, 0.05) is 37.3 Å². The Morgan fingerprint density at radius 3 is 2.77 bits per heavy atom. The molecule has 3 aromatic rings. The zero-order valence-corrected chi connectivity index (χ0v) is 18.9. The third-order valence-corrected chi connectivity index (χ3v) is 6.44. The molecule has 2 heterocycles. The lowest BCUT2D eigenvalue weighted by molar-refractivity contribution is 0.0946. The Kier molecular flexibility index (Phi) is 6.53. The maximum absolute atomic E-state index is 12.6. The summed E-state index contributed by atoms with van der Waals surface area (Å²) >= 11 is 1.43. The van der Waals surface area contributed by atoms with Gasteiger partial charge in [0.25, 0.3) is 5.91 Å². The molecular formula is C24H27N3O3S. The lowest BCUT2D eigenvalue weighted by Gasteiger charge is -2.25. The second-order valence-electron chi connectivity index (χ2n) is 7.59. The molecule has 0 fully saturated rings. The van der Waals surface area contributed by atoms with Gasteiger partial charge in [0.2, 0.25) is 0 Å². The van der Waals surface area contributed by atoms with E-state index in [2.05, 4.69) is 21.3 Å². The van der Waals surface area contributed by atoms with Gasteiger partial charge in [0.15, 0.2) is 0 Å². The number of thiazole rings is 1. The van der Waals surface area contributed by atoms with E-state index in [4.69, 9.17) is 9.47 Å². The minimum atomic E-state index is -0.165. The Balaban J connectivity index is 1.49. The smallest absolute Gasteiger partial charge is 0.263 e. The van der Waals surface area contributed by atoms with Crippen molar-refractivity contribution in [1.29, 1.82) is 0 Å². The molecule has 1 unspecified atom stereocenters. The molecule has 2 aromatic carbocycles. The number of para-hydroxylation sites is 2. The summed E-state index contributed by atoms with van der Waals surface area (Å²) in [6.07, 6.45) is -0.165. The SMILES string of the molecule is COc1ccccc1C1CN(CCNC(=O)c2sc(C)nc2C)Cc2ccccc2O1. The number of rotatable bonds is 6. The topological polar surface area (TPSA) is 63.7 Å². The van der Waals surface area contributed by atoms with Crippen LogP contribution in [0, 0.1) is 13.8 Å². The van der Waals surface area contributed by atoms with Crippen molar-refractivity contribution in [2.24, 2.45) is 0 Å². The van der Waals surface area contributed by atoms with E-state index in [0.29, 0.717) is 24.5 Å². The van der Waals surface area contributed by atoms with Crippen molar-refractivity contribution < 1.29 is 14.3 Å². The molecule has 0 bridgehead atoms. The summed E-state index contributed by atoms with van der Waals surface area (Å²) in [4.78, 5) is 19.9. The van der Waals surface area contributed by atoms with E-state index in [0.717, 1.165) is 39.9 Å². The average Bonchev–Trinajstić information content (AvgIpc) is 3.00. The minimum Gasteiger partial charge on any atom is -0.496 e. The van der Waals surface area contributed by atoms with Gasteiger partial charge < -0.3 is 14.8 Å². The van der Waals surface area contributed by atoms with E-state index < -0.39 is 0 Å². The quantitative estimate of drug-likeness (QED) is 0.628. The maximum atomic E-state index is 12.6. The van der Waals surface area contributed by atoms with E-state index in [-0.39, 0.29) is 12.0 Å². The first kappa shape index (κ1) is 21.3. The van der Waals surface area contributed by atoms with Crippen LogP contribution < -0.4 is 14.8 Å². The molecule has 0 saturated heterocycles. The number of nitrogens with one attached hydrogen (secondary N) is 1. The van der Waals surface area contributed by atoms with Crippen molar-refractivity contribution in [1.82, 2.24) is 15.2 Å². The van der Waals surface area contributed by atoms with Gasteiger partial charge in [0.05, 0.1) is 17.8 Å². The molecule has 1 aliphatic heterocycles. The molecule has 7 heteroatoms. The number of hydrogen-bond acceptors (Lipinski definition) is 6. The Bertz CT molecular complexity index is 1070. The number of nitrogens with zero attached hydrogens (tertiary/aromatic N) is 2. The number of ether oxygens (including phenoxy) is 2. The summed E-state index contributed by atoms with van der Waals surface area (Å²) in [5.74, 6) is 1.65. The van der Waals surface area contributed by atoms with Gasteiger partial charge in [0.1, 0.15) is 22.5 Å². The molecular weight excluding hydrogens is 410 g/mol. The molecule has 0 radical (unpaired) electrons. The van der Waals surface area contributed by atoms with Crippen LogP contribution in [0.5, 0.6) is 11.5 Å². The molecule has 1 amide bonds. The van der Waals surface area contributed by atoms with Gasteiger partial charge in [-0.2, -0.15) is 0 Å². The molecule has 0 saturated carbocycles. The summed E-state index contributed by atoms with van der Waals surface area (Å²) in [5.41, 5.74) is 2.94. The molecule has 0 aliphatic carbocycles. The van der Waals surface area contributed by atoms with Crippen LogP contribution in [0.1, 0.15) is 37.6 Å². The number of amides is 1. The molecule has 4 rings (SSSR count). The number of aromatic nitrogens is 1. The Morgan fingerprint density at radius 2 is 2.00 bits per heavy atom. The number of carbonyl (C=O) groups excluding carboxylic acids is 1. The Morgan fingerprint density at radius 1 is 1.23 bits per heavy atom. The first-order valence-electron chi connectivity index (χ1n) is 10.4. The van der Waals surface area contributed by atoms with Gasteiger partial charge >= 0.3 is 0 Å². The molecule has 162 valence electrons. The van der Waals surface area contributed by atoms with E-state index in [1.165, 1.54) is 11.3 Å². The summed E-state index contributed by atoms with van der Waals surface area (Å²) in [6.45, 7) is 6.52. The minimum absolute atomic E-state index is 0.0594. The predicted octanol–water partition coefficient (Wildman–Crippen LogP) is 4.13. The van der Waals surface area contributed by atoms with E-state index in [1.54, 1.807) is 7.11 Å². The lowest BCUT2D eigenvalue weighted by Crippen LogP contribution is -2.36. The number of carbonyl (C=O) groups is 1. The van der Waals surface area contributed by atoms with Crippen LogP contribution >= 0.6 is 11.3 Å². The Labute approximate surface area is 186 Å². The van der Waals surface area contributed by atoms with Crippen molar-refractivity contribution in [2.45, 2.75) is 26.5 Å². The summed E-state index contributed by atoms with van der Waals surface area (Å²) in [7, 11) is 1.68. The van der Waals surface area contributed by atoms with Crippen LogP contribution in [0.15, 0.2) is 48.5 Å². The van der Waals surface area contributed by atoms with E-state index in [1.807, 2.05) is 56.3 Å². The van der Waals surface area contributed by atoms with Gasteiger partial charge in [-0.05, 0) is 26.0 Å². The van der Waals surface area contributed by atoms with Crippen molar-refractivity contribution in [3.8, 4) is 11.5 Å². The first-order valence-corrected chi connectivity index (χ1v) is 11.2. The maximum Gasteiger partial charge on any atom is 0.263 e. The van der Waals surface area contributed by atoms with Crippen molar-refractivity contribution >= 4 is 17.2 Å². The standard InChI is InChI=1S/C24H27N3O3S/c1-16-23(31-17(2)26-16)24(28)25-12-13-27-14-18-8-4-6-10-20(18)30-22(15-27)19-9-5-7-11-21(19)29-3/h4-11,22H,12-15H2,1-3H3,(H,25,28). The first-order chi connectivity index (χ1) is 15.0. The highest BCUT2D eigenvalue weighted by Crippen LogP contribution is 2.34. The Hall–Kier alpha value is -2.90. The van der Waals surface area contributed by atoms with Gasteiger partial charge in [-0.1, -0.05) is 36.4 Å². The fourth-order valence-corrected chi connectivity index (χ4v) is 4.73. The molecule has 0 spiro atoms. The normalized spacial score (nSPS) is 16.2. The van der Waals surface area contributed by atoms with Crippen LogP contribution in [-0.2, 0) is 6.54 Å². The zero-order valence-electron chi connectivity index (χ0n) is 18.1. The largest absolute Gasteiger partial charge is 0.496 e. The van der Waals surface area contributed by atoms with E-state index in [9.17, 15) is 4.79 Å². The number of aryl methyl sites for hydroxylation is 2. The number of fused-ring (bicyclic) bond motifs is 1. The average molecular weight is 438 g/mol. The second kappa shape index (κ2) is 9.49. The predicted molar refractivity (Wildman–Crippen MR) is 122 cm³/mol. The molecule has 1 N–H and O–H groups in total. The third-order valence-electron chi connectivity index (χ3n) is 5.37. The van der Waals surface area contributed by atoms with Crippen LogP contribution in [0.25, 0.3) is 0 Å². The summed E-state index contributed by atoms with van der Waals surface area (Å²) in [5, 5.41) is 3.95. The lowest BCUT2D eigenvalue weighted by atomic mass is 10.1. The van der Waals surface area contributed by atoms with E-state index >= 15 is 0 Å². The van der Waals surface area contributed by atoms with Gasteiger partial charge in [-0.25, -0.2) is 4.98 Å². The summed E-state index contributed by atoms with van der Waals surface area (Å²) in [6, 6.07) is 16.1. The molecule has 1 aliphatic rings. The molecule has 31 heavy (non-hydrogen) atoms. The fourth-order valence-electron chi connectivity index (χ4n) is 3.89. The fraction of sp³-hybridized carbons (Fsp3) is 0.333. The second-order valence-corrected chi connectivity index (χ2v) is 8.80. The van der Waals surface area contributed by atoms with Crippen LogP contribution in [0.2, 0.25) is 0 Å². The number of benzene rings is 2. The molecule has 1 aromatic heterocycles. The molecule has 1 atom stereocenters. The highest BCUT2D eigenvalue weighted by Gasteiger charge is 2.26. The van der Waals surface area contributed by atoms with Crippen molar-refractivity contribution in [3.63, 3.8) is 0 Å². The summed E-state index contributed by atoms with van der Waals surface area (Å²) < 4.78 is 12.0. The highest BCUT2D eigenvalue weighted by molar-refractivity contribution is 7.13. The van der Waals surface area contributed by atoms with Crippen molar-refractivity contribution in [2.75, 3.05) is 26.7 Å². The zero-order chi connectivity index (χ0) is 21.8. The third kappa shape index (κ3) is 4.89. The number of hydrogen-bond donors (Lipinski definition) is 1. The van der Waals surface area contributed by atoms with Gasteiger partial charge in [-0.15, -0.1) is 11.3 Å². The molecule has 6 nitrogen and oxygen atoms in total. The monoisotopic (exact) mass is 437 g/mol. The highest BCUT2D eigenvalue weighted by atomic mass is 32.1. The van der Waals surface area contributed by atoms with Crippen LogP contribution in [-0.4, -0.2) is 42.5 Å².